The van der Waals surface area contributed by atoms with E-state index in [1.54, 1.807) is 17.5 Å². The number of rotatable bonds is 1. The molecule has 2 aromatic heterocycles. The molecule has 1 saturated carbocycles. The van der Waals surface area contributed by atoms with Gasteiger partial charge in [0.05, 0.1) is 0 Å². The van der Waals surface area contributed by atoms with Crippen LogP contribution in [0, 0.1) is 11.8 Å². The smallest absolute Gasteiger partial charge is 0.275 e. The van der Waals surface area contributed by atoms with E-state index in [1.165, 1.54) is 42.7 Å². The Morgan fingerprint density at radius 2 is 2.14 bits per heavy atom. The molecule has 0 unspecified atom stereocenters. The number of nitrogens with zero attached hydrogens (tertiary/aromatic N) is 4. The molecule has 3 atom stereocenters. The Kier molecular flexibility index (Phi) is 3.21. The Labute approximate surface area is 127 Å². The summed E-state index contributed by atoms with van der Waals surface area (Å²) in [5.74, 6) is 1.59. The van der Waals surface area contributed by atoms with Gasteiger partial charge >= 0.3 is 0 Å². The van der Waals surface area contributed by atoms with Crippen molar-refractivity contribution in [1.82, 2.24) is 14.6 Å². The van der Waals surface area contributed by atoms with E-state index in [0.717, 1.165) is 23.5 Å². The molecular formula is C15H20N4OS. The largest absolute Gasteiger partial charge is 0.343 e. The third-order valence-electron chi connectivity index (χ3n) is 5.14. The van der Waals surface area contributed by atoms with Gasteiger partial charge in [0, 0.05) is 24.8 Å². The lowest BCUT2D eigenvalue weighted by molar-refractivity contribution is 0.177. The molecule has 2 aromatic rings. The van der Waals surface area contributed by atoms with Crippen molar-refractivity contribution in [2.45, 2.75) is 45.1 Å². The van der Waals surface area contributed by atoms with E-state index in [-0.39, 0.29) is 5.56 Å². The second-order valence-corrected chi connectivity index (χ2v) is 7.27. The van der Waals surface area contributed by atoms with E-state index >= 15 is 0 Å². The van der Waals surface area contributed by atoms with Crippen LogP contribution in [0.1, 0.15) is 39.0 Å². The highest BCUT2D eigenvalue weighted by molar-refractivity contribution is 7.20. The normalized spacial score (nSPS) is 29.6. The molecule has 112 valence electrons. The van der Waals surface area contributed by atoms with Crippen LogP contribution in [0.2, 0.25) is 0 Å². The summed E-state index contributed by atoms with van der Waals surface area (Å²) in [5, 5.41) is 5.51. The van der Waals surface area contributed by atoms with Gasteiger partial charge in [-0.1, -0.05) is 31.1 Å². The third kappa shape index (κ3) is 2.16. The summed E-state index contributed by atoms with van der Waals surface area (Å²) in [6.07, 6.45) is 8.06. The van der Waals surface area contributed by atoms with E-state index in [2.05, 4.69) is 21.9 Å². The molecule has 1 saturated heterocycles. The van der Waals surface area contributed by atoms with Gasteiger partial charge < -0.3 is 4.90 Å². The number of hydrogen-bond donors (Lipinski definition) is 0. The average molecular weight is 304 g/mol. The summed E-state index contributed by atoms with van der Waals surface area (Å²) >= 11 is 1.54. The molecule has 21 heavy (non-hydrogen) atoms. The molecule has 0 aromatic carbocycles. The van der Waals surface area contributed by atoms with Gasteiger partial charge in [0.2, 0.25) is 10.1 Å². The number of fused-ring (bicyclic) bond motifs is 2. The Hall–Kier alpha value is -1.43. The summed E-state index contributed by atoms with van der Waals surface area (Å²) in [4.78, 5) is 19.3. The van der Waals surface area contributed by atoms with Crippen LogP contribution < -0.4 is 10.5 Å². The van der Waals surface area contributed by atoms with Crippen LogP contribution in [0.15, 0.2) is 17.1 Å². The maximum absolute atomic E-state index is 11.9. The van der Waals surface area contributed by atoms with Gasteiger partial charge in [0.25, 0.3) is 5.56 Å². The van der Waals surface area contributed by atoms with Gasteiger partial charge in [0.15, 0.2) is 0 Å². The highest BCUT2D eigenvalue weighted by Gasteiger charge is 2.38. The van der Waals surface area contributed by atoms with Crippen LogP contribution in [-0.4, -0.2) is 27.2 Å². The van der Waals surface area contributed by atoms with Crippen LogP contribution in [0.4, 0.5) is 5.13 Å². The minimum atomic E-state index is -0.0897. The quantitative estimate of drug-likeness (QED) is 0.812. The van der Waals surface area contributed by atoms with Crippen molar-refractivity contribution >= 4 is 21.4 Å². The molecule has 3 heterocycles. The standard InChI is InChI=1S/C15H20N4OS/c1-10-7-9-18(12-5-3-2-4-11(10)12)15-17-19-13(20)6-8-16-14(19)21-15/h6,8,10-12H,2-5,7,9H2,1H3/t10-,11+,12-/m1/s1. The van der Waals surface area contributed by atoms with Crippen LogP contribution in [0.3, 0.4) is 0 Å². The van der Waals surface area contributed by atoms with Crippen molar-refractivity contribution in [3.8, 4) is 0 Å². The van der Waals surface area contributed by atoms with Gasteiger partial charge in [-0.3, -0.25) is 4.79 Å². The predicted octanol–water partition coefficient (Wildman–Crippen LogP) is 2.56. The van der Waals surface area contributed by atoms with Crippen molar-refractivity contribution in [2.24, 2.45) is 11.8 Å². The minimum Gasteiger partial charge on any atom is -0.343 e. The molecular weight excluding hydrogens is 284 g/mol. The fraction of sp³-hybridized carbons (Fsp3) is 0.667. The van der Waals surface area contributed by atoms with Crippen molar-refractivity contribution in [1.29, 1.82) is 0 Å². The Morgan fingerprint density at radius 3 is 3.00 bits per heavy atom. The van der Waals surface area contributed by atoms with E-state index in [0.29, 0.717) is 11.0 Å². The average Bonchev–Trinajstić information content (AvgIpc) is 2.93. The Bertz CT molecular complexity index is 709. The molecule has 5 nitrogen and oxygen atoms in total. The van der Waals surface area contributed by atoms with E-state index in [4.69, 9.17) is 0 Å². The van der Waals surface area contributed by atoms with Gasteiger partial charge in [-0.25, -0.2) is 4.98 Å². The monoisotopic (exact) mass is 304 g/mol. The third-order valence-corrected chi connectivity index (χ3v) is 6.10. The fourth-order valence-corrected chi connectivity index (χ4v) is 4.96. The van der Waals surface area contributed by atoms with Crippen LogP contribution in [0.5, 0.6) is 0 Å². The molecule has 0 bridgehead atoms. The van der Waals surface area contributed by atoms with E-state index in [9.17, 15) is 4.79 Å². The lowest BCUT2D eigenvalue weighted by Gasteiger charge is -2.47. The molecule has 2 fully saturated rings. The first-order chi connectivity index (χ1) is 10.2. The SMILES string of the molecule is C[C@@H]1CCN(c2nn3c(=O)ccnc3s2)[C@@H]2CCCC[C@@H]12. The van der Waals surface area contributed by atoms with Crippen molar-refractivity contribution in [2.75, 3.05) is 11.4 Å². The number of aromatic nitrogens is 3. The summed E-state index contributed by atoms with van der Waals surface area (Å²) in [7, 11) is 0. The number of anilines is 1. The zero-order valence-corrected chi connectivity index (χ0v) is 13.1. The Balaban J connectivity index is 1.73. The zero-order chi connectivity index (χ0) is 14.4. The summed E-state index contributed by atoms with van der Waals surface area (Å²) in [6.45, 7) is 3.45. The lowest BCUT2D eigenvalue weighted by atomic mass is 9.73. The van der Waals surface area contributed by atoms with Crippen molar-refractivity contribution in [3.63, 3.8) is 0 Å². The topological polar surface area (TPSA) is 50.5 Å². The predicted molar refractivity (Wildman–Crippen MR) is 84.0 cm³/mol. The maximum Gasteiger partial charge on any atom is 0.275 e. The molecule has 0 radical (unpaired) electrons. The first-order valence-electron chi connectivity index (χ1n) is 7.85. The van der Waals surface area contributed by atoms with E-state index < -0.39 is 0 Å². The van der Waals surface area contributed by atoms with Crippen LogP contribution in [-0.2, 0) is 0 Å². The van der Waals surface area contributed by atoms with E-state index in [1.807, 2.05) is 0 Å². The highest BCUT2D eigenvalue weighted by Crippen LogP contribution is 2.41. The molecule has 0 amide bonds. The molecule has 0 spiro atoms. The van der Waals surface area contributed by atoms with Gasteiger partial charge in [-0.05, 0) is 31.1 Å². The lowest BCUT2D eigenvalue weighted by Crippen LogP contribution is -2.50. The molecule has 1 aliphatic carbocycles. The molecule has 6 heteroatoms. The summed E-state index contributed by atoms with van der Waals surface area (Å²) in [6, 6.07) is 2.07. The second-order valence-electron chi connectivity index (χ2n) is 6.34. The molecule has 4 rings (SSSR count). The molecule has 1 aliphatic heterocycles. The summed E-state index contributed by atoms with van der Waals surface area (Å²) < 4.78 is 1.44. The molecule has 2 aliphatic rings. The van der Waals surface area contributed by atoms with Crippen LogP contribution >= 0.6 is 11.3 Å². The first kappa shape index (κ1) is 13.2. The second kappa shape index (κ2) is 5.09. The minimum absolute atomic E-state index is 0.0897. The summed E-state index contributed by atoms with van der Waals surface area (Å²) in [5.41, 5.74) is -0.0897. The van der Waals surface area contributed by atoms with Crippen molar-refractivity contribution < 1.29 is 0 Å². The Morgan fingerprint density at radius 1 is 1.29 bits per heavy atom. The molecule has 0 N–H and O–H groups in total. The van der Waals surface area contributed by atoms with Gasteiger partial charge in [-0.2, -0.15) is 4.52 Å². The number of hydrogen-bond acceptors (Lipinski definition) is 5. The van der Waals surface area contributed by atoms with Gasteiger partial charge in [-0.15, -0.1) is 5.10 Å². The van der Waals surface area contributed by atoms with Crippen LogP contribution in [0.25, 0.3) is 4.96 Å². The number of piperidine rings is 1. The fourth-order valence-electron chi connectivity index (χ4n) is 4.00. The first-order valence-corrected chi connectivity index (χ1v) is 8.67. The maximum atomic E-state index is 11.9. The van der Waals surface area contributed by atoms with Gasteiger partial charge in [0.1, 0.15) is 0 Å². The zero-order valence-electron chi connectivity index (χ0n) is 12.2. The highest BCUT2D eigenvalue weighted by atomic mass is 32.1. The van der Waals surface area contributed by atoms with Crippen molar-refractivity contribution in [3.05, 3.63) is 22.6 Å².